The molecule has 7 aromatic rings. The summed E-state index contributed by atoms with van der Waals surface area (Å²) in [5.41, 5.74) is 43.1. The SMILES string of the molecule is Cc1cc(C)c([C]2c3cc4c(cc3-c3c2c2c(c5c3[C](c3c(C)cc(C)cc3C)c3cc6c(cc3-5)C(C)(C)CCC6(C)C)[C](c3c(C)cc(C)cc3C)c3cc5c(cc3-2)C(C)(C)CCC5(C)C)C(C)(C)CCC4(C)C)c(C)c1. The highest BCUT2D eigenvalue weighted by molar-refractivity contribution is 6.11. The molecule has 0 heterocycles. The summed E-state index contributed by atoms with van der Waals surface area (Å²) in [4.78, 5) is 0. The van der Waals surface area contributed by atoms with Gasteiger partial charge in [0.2, 0.25) is 0 Å². The highest BCUT2D eigenvalue weighted by Gasteiger charge is 2.53. The van der Waals surface area contributed by atoms with Gasteiger partial charge in [-0.05, 0) is 302 Å². The molecule has 0 saturated heterocycles. The van der Waals surface area contributed by atoms with Crippen LogP contribution < -0.4 is 0 Å². The van der Waals surface area contributed by atoms with E-state index >= 15 is 0 Å². The molecule has 13 rings (SSSR count). The minimum Gasteiger partial charge on any atom is -0.0560 e. The zero-order chi connectivity index (χ0) is 55.8. The number of rotatable bonds is 3. The minimum absolute atomic E-state index is 0.0275. The van der Waals surface area contributed by atoms with Crippen molar-refractivity contribution in [1.29, 1.82) is 0 Å². The van der Waals surface area contributed by atoms with E-state index in [1.807, 2.05) is 0 Å². The van der Waals surface area contributed by atoms with Crippen LogP contribution in [0.15, 0.2) is 72.8 Å². The lowest BCUT2D eigenvalue weighted by molar-refractivity contribution is 0.332. The van der Waals surface area contributed by atoms with Crippen LogP contribution in [0.5, 0.6) is 0 Å². The lowest BCUT2D eigenvalue weighted by Gasteiger charge is -2.42. The van der Waals surface area contributed by atoms with Crippen LogP contribution in [0.3, 0.4) is 0 Å². The quantitative estimate of drug-likeness (QED) is 0.165. The predicted octanol–water partition coefficient (Wildman–Crippen LogP) is 20.5. The molecule has 6 aliphatic rings. The Morgan fingerprint density at radius 3 is 0.551 bits per heavy atom. The molecule has 7 aromatic carbocycles. The first-order valence-corrected chi connectivity index (χ1v) is 30.0. The molecule has 0 amide bonds. The smallest absolute Gasteiger partial charge is 0.0560 e. The molecule has 0 unspecified atom stereocenters. The number of hydrogen-bond acceptors (Lipinski definition) is 0. The molecule has 399 valence electrons. The van der Waals surface area contributed by atoms with Crippen molar-refractivity contribution in [2.45, 2.75) is 216 Å². The van der Waals surface area contributed by atoms with E-state index < -0.39 is 0 Å². The molecule has 6 aliphatic carbocycles. The Morgan fingerprint density at radius 1 is 0.205 bits per heavy atom. The summed E-state index contributed by atoms with van der Waals surface area (Å²) in [6, 6.07) is 31.4. The fourth-order valence-electron chi connectivity index (χ4n) is 17.3. The van der Waals surface area contributed by atoms with E-state index in [9.17, 15) is 0 Å². The average molecular weight is 1020 g/mol. The monoisotopic (exact) mass is 1020 g/mol. The Morgan fingerprint density at radius 2 is 0.372 bits per heavy atom. The Labute approximate surface area is 471 Å². The van der Waals surface area contributed by atoms with Crippen molar-refractivity contribution < 1.29 is 0 Å². The molecule has 3 radical (unpaired) electrons. The van der Waals surface area contributed by atoms with Crippen molar-refractivity contribution in [1.82, 2.24) is 0 Å². The van der Waals surface area contributed by atoms with Gasteiger partial charge in [0.25, 0.3) is 0 Å². The number of aryl methyl sites for hydroxylation is 9. The third-order valence-corrected chi connectivity index (χ3v) is 21.6. The van der Waals surface area contributed by atoms with Gasteiger partial charge >= 0.3 is 0 Å². The second-order valence-corrected chi connectivity index (χ2v) is 30.3. The van der Waals surface area contributed by atoms with Gasteiger partial charge in [-0.1, -0.05) is 154 Å². The first-order valence-electron chi connectivity index (χ1n) is 30.0. The zero-order valence-corrected chi connectivity index (χ0v) is 51.7. The Hall–Kier alpha value is -5.46. The van der Waals surface area contributed by atoms with E-state index in [0.717, 1.165) is 0 Å². The van der Waals surface area contributed by atoms with Gasteiger partial charge in [0.05, 0.1) is 17.8 Å². The standard InChI is InChI=1S/C78H87/c1-40-28-43(4)61(44(5)29-40)64-49-34-55-58(76(16,17)25-22-73(55,10)11)37-52(49)67-70(64)68-53-38-59-56(74(12,13)23-26-77(59,18)19)35-50(53)65(62-45(6)30-41(2)31-46(62)7)72(68)69-54-39-60-57(75(14,15)24-27-78(60,20)21)36-51(54)66(71(67)69)63-47(8)32-42(3)33-48(63)9/h28-39H,22-27H2,1-21H3. The molecule has 0 bridgehead atoms. The van der Waals surface area contributed by atoms with Crippen molar-refractivity contribution in [3.63, 3.8) is 0 Å². The lowest BCUT2D eigenvalue weighted by Crippen LogP contribution is -2.34. The van der Waals surface area contributed by atoms with E-state index in [1.165, 1.54) is 223 Å². The highest BCUT2D eigenvalue weighted by Crippen LogP contribution is 2.69. The van der Waals surface area contributed by atoms with Gasteiger partial charge in [-0.15, -0.1) is 0 Å². The summed E-state index contributed by atoms with van der Waals surface area (Å²) >= 11 is 0. The van der Waals surface area contributed by atoms with Crippen LogP contribution >= 0.6 is 0 Å². The van der Waals surface area contributed by atoms with Crippen molar-refractivity contribution >= 4 is 0 Å². The normalized spacial score (nSPS) is 20.3. The summed E-state index contributed by atoms with van der Waals surface area (Å²) in [6.45, 7) is 51.7. The maximum atomic E-state index is 2.77. The Bertz CT molecular complexity index is 3350. The summed E-state index contributed by atoms with van der Waals surface area (Å²) in [5, 5.41) is 0. The lowest BCUT2D eigenvalue weighted by atomic mass is 9.62. The van der Waals surface area contributed by atoms with E-state index in [0.29, 0.717) is 0 Å². The Balaban J connectivity index is 1.33. The third kappa shape index (κ3) is 7.08. The van der Waals surface area contributed by atoms with Crippen LogP contribution in [0, 0.1) is 80.1 Å². The van der Waals surface area contributed by atoms with Crippen LogP contribution in [-0.4, -0.2) is 0 Å². The molecule has 0 fully saturated rings. The third-order valence-electron chi connectivity index (χ3n) is 21.6. The maximum absolute atomic E-state index is 2.77. The van der Waals surface area contributed by atoms with Crippen LogP contribution in [0.25, 0.3) is 33.4 Å². The summed E-state index contributed by atoms with van der Waals surface area (Å²) in [6.07, 6.45) is 7.05. The van der Waals surface area contributed by atoms with Crippen LogP contribution in [0.2, 0.25) is 0 Å². The first-order chi connectivity index (χ1) is 36.3. The molecule has 0 atom stereocenters. The van der Waals surface area contributed by atoms with E-state index in [1.54, 1.807) is 0 Å². The van der Waals surface area contributed by atoms with Crippen LogP contribution in [0.1, 0.15) is 255 Å². The molecule has 0 spiro atoms. The molecule has 78 heavy (non-hydrogen) atoms. The predicted molar refractivity (Wildman–Crippen MR) is 332 cm³/mol. The van der Waals surface area contributed by atoms with Gasteiger partial charge in [-0.25, -0.2) is 0 Å². The summed E-state index contributed by atoms with van der Waals surface area (Å²) in [5.74, 6) is 4.31. The van der Waals surface area contributed by atoms with Gasteiger partial charge in [-0.3, -0.25) is 0 Å². The topological polar surface area (TPSA) is 0 Å². The molecule has 0 N–H and O–H groups in total. The van der Waals surface area contributed by atoms with Crippen molar-refractivity contribution in [2.75, 3.05) is 0 Å². The molecule has 0 saturated carbocycles. The number of benzene rings is 7. The molecular weight excluding hydrogens is 937 g/mol. The maximum Gasteiger partial charge on any atom is 0.0653 e. The van der Waals surface area contributed by atoms with Gasteiger partial charge in [0, 0.05) is 0 Å². The largest absolute Gasteiger partial charge is 0.0653 e. The molecule has 0 nitrogen and oxygen atoms in total. The van der Waals surface area contributed by atoms with E-state index in [-0.39, 0.29) is 32.5 Å². The zero-order valence-electron chi connectivity index (χ0n) is 51.7. The molecular formula is C78H87. The van der Waals surface area contributed by atoms with Gasteiger partial charge in [0.1, 0.15) is 0 Å². The fourth-order valence-corrected chi connectivity index (χ4v) is 17.3. The van der Waals surface area contributed by atoms with Crippen molar-refractivity contribution in [3.05, 3.63) is 224 Å². The minimum atomic E-state index is 0.0275. The van der Waals surface area contributed by atoms with Crippen LogP contribution in [-0.2, 0) is 32.5 Å². The first kappa shape index (κ1) is 51.9. The van der Waals surface area contributed by atoms with Crippen LogP contribution in [0.4, 0.5) is 0 Å². The van der Waals surface area contributed by atoms with Crippen molar-refractivity contribution in [3.8, 4) is 33.4 Å². The van der Waals surface area contributed by atoms with E-state index in [2.05, 4.69) is 218 Å². The second-order valence-electron chi connectivity index (χ2n) is 30.3. The van der Waals surface area contributed by atoms with Gasteiger partial charge in [-0.2, -0.15) is 0 Å². The number of hydrogen-bond donors (Lipinski definition) is 0. The fraction of sp³-hybridized carbons (Fsp3) is 0.423. The van der Waals surface area contributed by atoms with Gasteiger partial charge in [0.15, 0.2) is 0 Å². The average Bonchev–Trinajstić information content (AvgIpc) is 1.96. The summed E-state index contributed by atoms with van der Waals surface area (Å²) < 4.78 is 0. The Kier molecular flexibility index (Phi) is 10.9. The molecule has 0 aliphatic heterocycles. The molecule has 0 aromatic heterocycles. The van der Waals surface area contributed by atoms with Crippen molar-refractivity contribution in [2.24, 2.45) is 0 Å². The highest BCUT2D eigenvalue weighted by atomic mass is 14.6. The molecule has 0 heteroatoms. The second kappa shape index (κ2) is 16.4. The summed E-state index contributed by atoms with van der Waals surface area (Å²) in [7, 11) is 0. The number of fused-ring (bicyclic) bond motifs is 15. The van der Waals surface area contributed by atoms with Gasteiger partial charge < -0.3 is 0 Å². The van der Waals surface area contributed by atoms with E-state index in [4.69, 9.17) is 0 Å².